The van der Waals surface area contributed by atoms with E-state index in [9.17, 15) is 0 Å². The van der Waals surface area contributed by atoms with E-state index in [1.807, 2.05) is 12.1 Å². The van der Waals surface area contributed by atoms with E-state index in [-0.39, 0.29) is 6.04 Å². The highest BCUT2D eigenvalue weighted by Gasteiger charge is 2.17. The second kappa shape index (κ2) is 5.91. The molecule has 1 unspecified atom stereocenters. The van der Waals surface area contributed by atoms with Crippen molar-refractivity contribution >= 4 is 37.5 Å². The molecule has 0 bridgehead atoms. The summed E-state index contributed by atoms with van der Waals surface area (Å²) in [4.78, 5) is 0. The predicted octanol–water partition coefficient (Wildman–Crippen LogP) is 4.22. The molecule has 0 spiro atoms. The van der Waals surface area contributed by atoms with Crippen molar-refractivity contribution in [2.45, 2.75) is 13.0 Å². The number of nitrogens with one attached hydrogen (secondary N) is 1. The molecule has 1 atom stereocenters. The summed E-state index contributed by atoms with van der Waals surface area (Å²) >= 11 is 6.98. The Morgan fingerprint density at radius 2 is 2.06 bits per heavy atom. The Bertz CT molecular complexity index is 540. The molecule has 18 heavy (non-hydrogen) atoms. The molecule has 96 valence electrons. The molecule has 0 saturated carbocycles. The zero-order valence-electron chi connectivity index (χ0n) is 9.91. The summed E-state index contributed by atoms with van der Waals surface area (Å²) in [5.74, 6) is 0.811. The zero-order valence-corrected chi connectivity index (χ0v) is 13.1. The van der Waals surface area contributed by atoms with Gasteiger partial charge in [-0.1, -0.05) is 6.07 Å². The van der Waals surface area contributed by atoms with E-state index in [2.05, 4.69) is 56.2 Å². The molecule has 1 aromatic heterocycles. The van der Waals surface area contributed by atoms with Crippen LogP contribution in [-0.2, 0) is 0 Å². The first kappa shape index (κ1) is 13.6. The molecule has 0 saturated heterocycles. The molecule has 2 aromatic rings. The zero-order chi connectivity index (χ0) is 13.1. The number of nitrogens with two attached hydrogens (primary N) is 1. The van der Waals surface area contributed by atoms with Crippen molar-refractivity contribution in [2.24, 2.45) is 5.73 Å². The third-order valence-corrected chi connectivity index (χ3v) is 4.00. The van der Waals surface area contributed by atoms with E-state index in [0.29, 0.717) is 6.54 Å². The summed E-state index contributed by atoms with van der Waals surface area (Å²) in [5, 5.41) is 3.39. The molecule has 5 heteroatoms. The fourth-order valence-corrected chi connectivity index (χ4v) is 2.56. The van der Waals surface area contributed by atoms with Gasteiger partial charge in [0.05, 0.1) is 16.8 Å². The first-order chi connectivity index (χ1) is 8.61. The van der Waals surface area contributed by atoms with Gasteiger partial charge in [-0.2, -0.15) is 0 Å². The normalized spacial score (nSPS) is 12.4. The van der Waals surface area contributed by atoms with Crippen molar-refractivity contribution in [3.05, 3.63) is 50.8 Å². The van der Waals surface area contributed by atoms with Crippen LogP contribution in [0.2, 0.25) is 0 Å². The van der Waals surface area contributed by atoms with Gasteiger partial charge in [-0.05, 0) is 62.5 Å². The second-order valence-corrected chi connectivity index (χ2v) is 5.76. The van der Waals surface area contributed by atoms with Crippen molar-refractivity contribution in [1.29, 1.82) is 0 Å². The molecular weight excluding hydrogens is 360 g/mol. The lowest BCUT2D eigenvalue weighted by Crippen LogP contribution is -2.20. The number of anilines is 1. The van der Waals surface area contributed by atoms with Gasteiger partial charge in [-0.15, -0.1) is 0 Å². The maximum atomic E-state index is 5.81. The molecule has 0 aliphatic heterocycles. The highest BCUT2D eigenvalue weighted by Crippen LogP contribution is 2.30. The van der Waals surface area contributed by atoms with Gasteiger partial charge in [-0.3, -0.25) is 0 Å². The average Bonchev–Trinajstić information content (AvgIpc) is 2.77. The molecule has 0 amide bonds. The predicted molar refractivity (Wildman–Crippen MR) is 80.7 cm³/mol. The number of halogens is 2. The number of furan rings is 1. The van der Waals surface area contributed by atoms with Crippen molar-refractivity contribution in [3.8, 4) is 0 Å². The lowest BCUT2D eigenvalue weighted by atomic mass is 10.2. The van der Waals surface area contributed by atoms with E-state index >= 15 is 0 Å². The molecule has 3 nitrogen and oxygen atoms in total. The Kier molecular flexibility index (Phi) is 4.48. The fraction of sp³-hybridized carbons (Fsp3) is 0.231. The average molecular weight is 374 g/mol. The van der Waals surface area contributed by atoms with Gasteiger partial charge in [0.1, 0.15) is 5.76 Å². The van der Waals surface area contributed by atoms with Gasteiger partial charge in [0.15, 0.2) is 0 Å². The third-order valence-electron chi connectivity index (χ3n) is 2.65. The minimum absolute atomic E-state index is 0.0625. The van der Waals surface area contributed by atoms with Crippen molar-refractivity contribution in [1.82, 2.24) is 0 Å². The Morgan fingerprint density at radius 3 is 2.67 bits per heavy atom. The number of aryl methyl sites for hydroxylation is 1. The van der Waals surface area contributed by atoms with Crippen molar-refractivity contribution in [3.63, 3.8) is 0 Å². The molecule has 0 aliphatic rings. The van der Waals surface area contributed by atoms with Gasteiger partial charge in [0.25, 0.3) is 0 Å². The summed E-state index contributed by atoms with van der Waals surface area (Å²) in [6.45, 7) is 2.50. The first-order valence-corrected chi connectivity index (χ1v) is 7.16. The summed E-state index contributed by atoms with van der Waals surface area (Å²) in [6.07, 6.45) is 1.65. The smallest absolute Gasteiger partial charge is 0.141 e. The van der Waals surface area contributed by atoms with Gasteiger partial charge >= 0.3 is 0 Å². The highest BCUT2D eigenvalue weighted by atomic mass is 79.9. The number of benzene rings is 1. The van der Waals surface area contributed by atoms with Crippen molar-refractivity contribution in [2.75, 3.05) is 11.9 Å². The third kappa shape index (κ3) is 2.96. The Hall–Kier alpha value is -0.780. The monoisotopic (exact) mass is 372 g/mol. The number of hydrogen-bond acceptors (Lipinski definition) is 3. The minimum atomic E-state index is -0.0625. The lowest BCUT2D eigenvalue weighted by Gasteiger charge is -2.18. The van der Waals surface area contributed by atoms with Crippen LogP contribution in [0.25, 0.3) is 0 Å². The molecule has 0 radical (unpaired) electrons. The molecule has 3 N–H and O–H groups in total. The van der Waals surface area contributed by atoms with Crippen LogP contribution in [0.15, 0.2) is 43.9 Å². The topological polar surface area (TPSA) is 51.2 Å². The first-order valence-electron chi connectivity index (χ1n) is 5.57. The largest absolute Gasteiger partial charge is 0.466 e. The fourth-order valence-electron chi connectivity index (χ4n) is 1.72. The van der Waals surface area contributed by atoms with Crippen LogP contribution >= 0.6 is 31.9 Å². The summed E-state index contributed by atoms with van der Waals surface area (Å²) in [5.41, 5.74) is 8.01. The highest BCUT2D eigenvalue weighted by molar-refractivity contribution is 9.10. The van der Waals surface area contributed by atoms with E-state index < -0.39 is 0 Å². The van der Waals surface area contributed by atoms with Crippen LogP contribution in [-0.4, -0.2) is 6.54 Å². The maximum absolute atomic E-state index is 5.81. The van der Waals surface area contributed by atoms with Crippen LogP contribution < -0.4 is 11.1 Å². The Morgan fingerprint density at radius 1 is 1.28 bits per heavy atom. The van der Waals surface area contributed by atoms with Gasteiger partial charge in [0.2, 0.25) is 0 Å². The van der Waals surface area contributed by atoms with E-state index in [1.54, 1.807) is 6.26 Å². The molecule has 1 aromatic carbocycles. The van der Waals surface area contributed by atoms with Gasteiger partial charge in [-0.25, -0.2) is 0 Å². The molecule has 1 heterocycles. The van der Waals surface area contributed by atoms with Gasteiger partial charge in [0, 0.05) is 16.7 Å². The van der Waals surface area contributed by atoms with E-state index in [1.165, 1.54) is 5.56 Å². The van der Waals surface area contributed by atoms with Gasteiger partial charge < -0.3 is 15.5 Å². The van der Waals surface area contributed by atoms with Crippen LogP contribution in [0.1, 0.15) is 17.4 Å². The second-order valence-electron chi connectivity index (χ2n) is 4.05. The molecular formula is C13H14Br2N2O. The molecule has 0 fully saturated rings. The van der Waals surface area contributed by atoms with Crippen LogP contribution in [0.3, 0.4) is 0 Å². The SMILES string of the molecule is Cc1ccc(Br)c(NC(CN)c2occc2Br)c1. The van der Waals surface area contributed by atoms with Crippen LogP contribution in [0.4, 0.5) is 5.69 Å². The Balaban J connectivity index is 2.26. The standard InChI is InChI=1S/C13H14Br2N2O/c1-8-2-3-9(14)11(6-8)17-12(7-16)13-10(15)4-5-18-13/h2-6,12,17H,7,16H2,1H3. The number of rotatable bonds is 4. The Labute approximate surface area is 123 Å². The molecule has 2 rings (SSSR count). The summed E-state index contributed by atoms with van der Waals surface area (Å²) < 4.78 is 7.39. The lowest BCUT2D eigenvalue weighted by molar-refractivity contribution is 0.479. The van der Waals surface area contributed by atoms with Crippen LogP contribution in [0.5, 0.6) is 0 Å². The van der Waals surface area contributed by atoms with E-state index in [4.69, 9.17) is 10.2 Å². The number of hydrogen-bond donors (Lipinski definition) is 2. The summed E-state index contributed by atoms with van der Waals surface area (Å²) in [6, 6.07) is 7.94. The summed E-state index contributed by atoms with van der Waals surface area (Å²) in [7, 11) is 0. The maximum Gasteiger partial charge on any atom is 0.141 e. The van der Waals surface area contributed by atoms with Crippen molar-refractivity contribution < 1.29 is 4.42 Å². The molecule has 0 aliphatic carbocycles. The minimum Gasteiger partial charge on any atom is -0.466 e. The quantitative estimate of drug-likeness (QED) is 0.843. The van der Waals surface area contributed by atoms with Crippen LogP contribution in [0, 0.1) is 6.92 Å². The van der Waals surface area contributed by atoms with E-state index in [0.717, 1.165) is 20.4 Å².